The standard InChI is InChI=1S/C29H30NO2.6FH.Sb/c1-29(2,3)22-12-10-19(11-13-22)25-16-20-8-6-7-9-23(20)28-24-18-27(32-5)26(31-4)17-21(24)14-15-30(25)28;;;;;;;/h6-13,16-18H,14-15H2,1-5H3;6*1H;/q+1;;;;;;;+5/p-6. The summed E-state index contributed by atoms with van der Waals surface area (Å²) in [5.74, 6) is 1.56. The summed E-state index contributed by atoms with van der Waals surface area (Å²) in [4.78, 5) is 0. The van der Waals surface area contributed by atoms with E-state index in [9.17, 15) is 16.9 Å². The molecule has 0 aliphatic carbocycles. The number of aryl methyl sites for hydroxylation is 1. The fraction of sp³-hybridized carbons (Fsp3) is 0.276. The predicted molar refractivity (Wildman–Crippen MR) is 143 cm³/mol. The molecule has 2 heterocycles. The summed E-state index contributed by atoms with van der Waals surface area (Å²) in [6.07, 6.45) is 0.957. The quantitative estimate of drug-likeness (QED) is 0.125. The van der Waals surface area contributed by atoms with Gasteiger partial charge in [-0.3, -0.25) is 0 Å². The minimum atomic E-state index is -11.2. The Hall–Kier alpha value is -2.93. The molecule has 0 fully saturated rings. The molecule has 0 saturated heterocycles. The van der Waals surface area contributed by atoms with Gasteiger partial charge >= 0.3 is 36.4 Å². The van der Waals surface area contributed by atoms with Crippen molar-refractivity contribution in [2.75, 3.05) is 14.2 Å². The van der Waals surface area contributed by atoms with E-state index in [2.05, 4.69) is 92.1 Å². The molecule has 1 aliphatic rings. The molecule has 0 unspecified atom stereocenters. The second-order valence-electron chi connectivity index (χ2n) is 10.5. The van der Waals surface area contributed by atoms with E-state index in [0.29, 0.717) is 0 Å². The van der Waals surface area contributed by atoms with E-state index in [4.69, 9.17) is 9.47 Å². The Bertz CT molecular complexity index is 1530. The van der Waals surface area contributed by atoms with Crippen molar-refractivity contribution in [1.82, 2.24) is 0 Å². The van der Waals surface area contributed by atoms with E-state index >= 15 is 0 Å². The Balaban J connectivity index is 0.000000448. The van der Waals surface area contributed by atoms with Crippen molar-refractivity contribution in [3.8, 4) is 34.0 Å². The second kappa shape index (κ2) is 9.32. The zero-order valence-corrected chi connectivity index (χ0v) is 24.8. The topological polar surface area (TPSA) is 22.3 Å². The van der Waals surface area contributed by atoms with Crippen LogP contribution in [0.1, 0.15) is 31.9 Å². The Morgan fingerprint density at radius 3 is 1.90 bits per heavy atom. The van der Waals surface area contributed by atoms with Gasteiger partial charge in [-0.15, -0.1) is 0 Å². The third-order valence-electron chi connectivity index (χ3n) is 6.58. The Morgan fingerprint density at radius 2 is 1.33 bits per heavy atom. The van der Waals surface area contributed by atoms with E-state index in [-0.39, 0.29) is 5.41 Å². The van der Waals surface area contributed by atoms with Crippen molar-refractivity contribution < 1.29 is 30.9 Å². The normalized spacial score (nSPS) is 14.7. The number of hydrogen-bond donors (Lipinski definition) is 0. The van der Waals surface area contributed by atoms with Crippen LogP contribution in [0.4, 0.5) is 16.9 Å². The van der Waals surface area contributed by atoms with Crippen LogP contribution in [0.15, 0.2) is 66.7 Å². The molecule has 10 heteroatoms. The average molecular weight is 660 g/mol. The average Bonchev–Trinajstić information content (AvgIpc) is 2.84. The predicted octanol–water partition coefficient (Wildman–Crippen LogP) is 8.47. The van der Waals surface area contributed by atoms with Crippen LogP contribution < -0.4 is 14.0 Å². The van der Waals surface area contributed by atoms with E-state index in [1.165, 1.54) is 44.4 Å². The minimum absolute atomic E-state index is 0.142. The molecule has 0 amide bonds. The van der Waals surface area contributed by atoms with Crippen LogP contribution in [-0.4, -0.2) is 33.7 Å². The number of hydrogen-bond acceptors (Lipinski definition) is 2. The first-order chi connectivity index (χ1) is 17.9. The first-order valence-electron chi connectivity index (χ1n) is 12.2. The third kappa shape index (κ3) is 7.18. The van der Waals surface area contributed by atoms with Crippen molar-refractivity contribution in [2.45, 2.75) is 39.2 Å². The third-order valence-corrected chi connectivity index (χ3v) is 6.58. The Morgan fingerprint density at radius 1 is 0.769 bits per heavy atom. The van der Waals surface area contributed by atoms with Crippen LogP contribution in [0.5, 0.6) is 11.5 Å². The molecule has 3 nitrogen and oxygen atoms in total. The first-order valence-corrected chi connectivity index (χ1v) is 18.0. The van der Waals surface area contributed by atoms with E-state index in [1.54, 1.807) is 14.2 Å². The van der Waals surface area contributed by atoms with Gasteiger partial charge in [0.2, 0.25) is 11.4 Å². The second-order valence-corrected chi connectivity index (χ2v) is 16.0. The van der Waals surface area contributed by atoms with Crippen molar-refractivity contribution in [2.24, 2.45) is 0 Å². The SMILES string of the molecule is COc1cc2c(cc1OC)-c1c3ccccc3cc(-c3ccc(C(C)(C)C)cc3)[n+]1CC2.[F][Sb-]([F])([F])([F])([F])[F]. The van der Waals surface area contributed by atoms with Crippen molar-refractivity contribution in [1.29, 1.82) is 0 Å². The fourth-order valence-electron chi connectivity index (χ4n) is 4.81. The summed E-state index contributed by atoms with van der Waals surface area (Å²) in [6, 6.07) is 24.3. The van der Waals surface area contributed by atoms with Gasteiger partial charge in [0.15, 0.2) is 18.0 Å². The van der Waals surface area contributed by atoms with Gasteiger partial charge in [0.05, 0.1) is 25.2 Å². The molecule has 0 saturated carbocycles. The molecule has 1 aromatic heterocycles. The molecule has 4 aromatic rings. The fourth-order valence-corrected chi connectivity index (χ4v) is 4.81. The number of aromatic nitrogens is 1. The van der Waals surface area contributed by atoms with Gasteiger partial charge < -0.3 is 9.47 Å². The number of rotatable bonds is 3. The van der Waals surface area contributed by atoms with Crippen LogP contribution in [0.3, 0.4) is 0 Å². The van der Waals surface area contributed by atoms with E-state index in [1.807, 2.05) is 0 Å². The summed E-state index contributed by atoms with van der Waals surface area (Å²) in [6.45, 7) is 7.70. The Kier molecular flexibility index (Phi) is 6.95. The number of ether oxygens (including phenoxy) is 2. The molecular formula is C29H30F6NO2Sb. The number of halogens is 6. The molecular weight excluding hydrogens is 630 g/mol. The van der Waals surface area contributed by atoms with Gasteiger partial charge in [0.25, 0.3) is 0 Å². The van der Waals surface area contributed by atoms with Gasteiger partial charge in [0.1, 0.15) is 0 Å². The molecule has 0 N–H and O–H groups in total. The molecule has 210 valence electrons. The summed E-state index contributed by atoms with van der Waals surface area (Å²) >= 11 is -11.2. The molecule has 1 aliphatic heterocycles. The summed E-state index contributed by atoms with van der Waals surface area (Å²) in [5, 5.41) is 2.51. The molecule has 39 heavy (non-hydrogen) atoms. The number of benzene rings is 3. The molecule has 0 atom stereocenters. The number of nitrogens with zero attached hydrogens (tertiary/aromatic N) is 1. The van der Waals surface area contributed by atoms with Gasteiger partial charge in [-0.05, 0) is 52.3 Å². The van der Waals surface area contributed by atoms with E-state index in [0.717, 1.165) is 24.5 Å². The number of methoxy groups -OCH3 is 2. The van der Waals surface area contributed by atoms with Crippen molar-refractivity contribution >= 4 is 30.2 Å². The van der Waals surface area contributed by atoms with Gasteiger partial charge in [-0.2, -0.15) is 4.57 Å². The Labute approximate surface area is 225 Å². The first kappa shape index (κ1) is 29.1. The monoisotopic (exact) mass is 659 g/mol. The van der Waals surface area contributed by atoms with E-state index < -0.39 is 19.5 Å². The molecule has 5 rings (SSSR count). The number of pyridine rings is 1. The molecule has 0 bridgehead atoms. The molecule has 3 aromatic carbocycles. The van der Waals surface area contributed by atoms with Crippen LogP contribution in [0, 0.1) is 0 Å². The molecule has 0 spiro atoms. The molecule has 0 radical (unpaired) electrons. The van der Waals surface area contributed by atoms with Gasteiger partial charge in [-0.1, -0.05) is 51.1 Å². The maximum absolute atomic E-state index is 11.2. The summed E-state index contributed by atoms with van der Waals surface area (Å²) in [7, 11) is 3.40. The van der Waals surface area contributed by atoms with Gasteiger partial charge in [-0.25, -0.2) is 0 Å². The van der Waals surface area contributed by atoms with Crippen LogP contribution >= 0.6 is 0 Å². The van der Waals surface area contributed by atoms with Crippen molar-refractivity contribution in [3.05, 3.63) is 77.9 Å². The van der Waals surface area contributed by atoms with Crippen LogP contribution in [0.25, 0.3) is 33.3 Å². The van der Waals surface area contributed by atoms with Crippen LogP contribution in [0.2, 0.25) is 0 Å². The number of fused-ring (bicyclic) bond motifs is 5. The van der Waals surface area contributed by atoms with Crippen LogP contribution in [-0.2, 0) is 18.4 Å². The summed E-state index contributed by atoms with van der Waals surface area (Å²) in [5.41, 5.74) is 7.76. The zero-order chi connectivity index (χ0) is 28.9. The van der Waals surface area contributed by atoms with Crippen molar-refractivity contribution in [3.63, 3.8) is 0 Å². The maximum atomic E-state index is 9.93. The zero-order valence-electron chi connectivity index (χ0n) is 22.2. The summed E-state index contributed by atoms with van der Waals surface area (Å²) < 4.78 is 73.3. The van der Waals surface area contributed by atoms with Gasteiger partial charge in [0, 0.05) is 18.1 Å².